The van der Waals surface area contributed by atoms with Gasteiger partial charge >= 0.3 is 0 Å². The molecule has 2 aromatic rings. The van der Waals surface area contributed by atoms with E-state index in [0.29, 0.717) is 0 Å². The Morgan fingerprint density at radius 3 is 2.75 bits per heavy atom. The zero-order chi connectivity index (χ0) is 11.4. The van der Waals surface area contributed by atoms with Crippen molar-refractivity contribution in [2.24, 2.45) is 0 Å². The van der Waals surface area contributed by atoms with Crippen LogP contribution in [0.3, 0.4) is 0 Å². The van der Waals surface area contributed by atoms with Gasteiger partial charge in [-0.1, -0.05) is 13.8 Å². The second-order valence-electron chi connectivity index (χ2n) is 3.70. The third kappa shape index (κ3) is 2.04. The molecule has 0 fully saturated rings. The number of nitrogens with one attached hydrogen (secondary N) is 1. The molecule has 0 bridgehead atoms. The molecule has 3 heteroatoms. The molecule has 1 unspecified atom stereocenters. The first-order valence-corrected chi connectivity index (χ1v) is 5.68. The van der Waals surface area contributed by atoms with Crippen molar-refractivity contribution >= 4 is 0 Å². The van der Waals surface area contributed by atoms with Gasteiger partial charge in [-0.25, -0.2) is 0 Å². The third-order valence-corrected chi connectivity index (χ3v) is 2.70. The molecule has 3 nitrogen and oxygen atoms in total. The highest BCUT2D eigenvalue weighted by molar-refractivity contribution is 5.31. The summed E-state index contributed by atoms with van der Waals surface area (Å²) in [6.07, 6.45) is 6.13. The number of aryl methyl sites for hydroxylation is 1. The van der Waals surface area contributed by atoms with E-state index in [1.54, 1.807) is 18.8 Å². The average Bonchev–Trinajstić information content (AvgIpc) is 2.96. The van der Waals surface area contributed by atoms with Gasteiger partial charge in [-0.05, 0) is 18.7 Å². The van der Waals surface area contributed by atoms with Crippen molar-refractivity contribution in [2.45, 2.75) is 26.3 Å². The fraction of sp³-hybridized carbons (Fsp3) is 0.385. The van der Waals surface area contributed by atoms with E-state index in [4.69, 9.17) is 8.83 Å². The minimum atomic E-state index is 0.164. The van der Waals surface area contributed by atoms with Crippen LogP contribution in [-0.2, 0) is 6.42 Å². The first kappa shape index (κ1) is 11.0. The van der Waals surface area contributed by atoms with Gasteiger partial charge < -0.3 is 14.2 Å². The van der Waals surface area contributed by atoms with Crippen molar-refractivity contribution in [1.82, 2.24) is 5.32 Å². The summed E-state index contributed by atoms with van der Waals surface area (Å²) in [5.74, 6) is 1.03. The summed E-state index contributed by atoms with van der Waals surface area (Å²) < 4.78 is 10.6. The van der Waals surface area contributed by atoms with Crippen molar-refractivity contribution in [2.75, 3.05) is 6.54 Å². The molecular weight excluding hydrogens is 202 g/mol. The summed E-state index contributed by atoms with van der Waals surface area (Å²) in [5, 5.41) is 3.44. The second kappa shape index (κ2) is 5.03. The molecule has 2 heterocycles. The van der Waals surface area contributed by atoms with Crippen LogP contribution in [0.25, 0.3) is 0 Å². The van der Waals surface area contributed by atoms with Crippen molar-refractivity contribution < 1.29 is 8.83 Å². The van der Waals surface area contributed by atoms with Gasteiger partial charge in [-0.3, -0.25) is 0 Å². The maximum atomic E-state index is 5.47. The number of hydrogen-bond acceptors (Lipinski definition) is 3. The Morgan fingerprint density at radius 2 is 2.12 bits per heavy atom. The molecule has 0 saturated heterocycles. The van der Waals surface area contributed by atoms with Gasteiger partial charge in [0.1, 0.15) is 5.76 Å². The van der Waals surface area contributed by atoms with E-state index in [2.05, 4.69) is 19.2 Å². The minimum Gasteiger partial charge on any atom is -0.472 e. The lowest BCUT2D eigenvalue weighted by Crippen LogP contribution is -2.21. The average molecular weight is 219 g/mol. The van der Waals surface area contributed by atoms with Gasteiger partial charge in [0.15, 0.2) is 0 Å². The van der Waals surface area contributed by atoms with E-state index >= 15 is 0 Å². The van der Waals surface area contributed by atoms with E-state index < -0.39 is 0 Å². The lowest BCUT2D eigenvalue weighted by atomic mass is 10.0. The van der Waals surface area contributed by atoms with Crippen LogP contribution in [0.2, 0.25) is 0 Å². The quantitative estimate of drug-likeness (QED) is 0.839. The normalized spacial score (nSPS) is 12.9. The number of furan rings is 2. The molecule has 0 aliphatic rings. The van der Waals surface area contributed by atoms with Crippen molar-refractivity contribution in [1.29, 1.82) is 0 Å². The zero-order valence-electron chi connectivity index (χ0n) is 9.69. The van der Waals surface area contributed by atoms with Crippen LogP contribution in [0.4, 0.5) is 0 Å². The van der Waals surface area contributed by atoms with Gasteiger partial charge in [0.25, 0.3) is 0 Å². The molecule has 0 radical (unpaired) electrons. The molecular formula is C13H17NO2. The van der Waals surface area contributed by atoms with Crippen LogP contribution in [0.15, 0.2) is 39.8 Å². The molecule has 2 rings (SSSR count). The lowest BCUT2D eigenvalue weighted by Gasteiger charge is -2.16. The Labute approximate surface area is 95.5 Å². The van der Waals surface area contributed by atoms with Gasteiger partial charge in [0, 0.05) is 17.5 Å². The van der Waals surface area contributed by atoms with E-state index in [1.807, 2.05) is 12.1 Å². The SMILES string of the molecule is CCNC(c1ccoc1)c1ccoc1CC. The molecule has 0 saturated carbocycles. The van der Waals surface area contributed by atoms with Crippen LogP contribution in [0.5, 0.6) is 0 Å². The smallest absolute Gasteiger partial charge is 0.108 e. The summed E-state index contributed by atoms with van der Waals surface area (Å²) in [6.45, 7) is 5.10. The van der Waals surface area contributed by atoms with E-state index in [-0.39, 0.29) is 6.04 Å². The summed E-state index contributed by atoms with van der Waals surface area (Å²) in [5.41, 5.74) is 2.34. The maximum absolute atomic E-state index is 5.47. The van der Waals surface area contributed by atoms with E-state index in [1.165, 1.54) is 5.56 Å². The molecule has 0 aliphatic carbocycles. The van der Waals surface area contributed by atoms with Crippen LogP contribution < -0.4 is 5.32 Å². The fourth-order valence-electron chi connectivity index (χ4n) is 1.95. The highest BCUT2D eigenvalue weighted by Crippen LogP contribution is 2.26. The van der Waals surface area contributed by atoms with Gasteiger partial charge in [-0.15, -0.1) is 0 Å². The van der Waals surface area contributed by atoms with E-state index in [0.717, 1.165) is 24.3 Å². The first-order valence-electron chi connectivity index (χ1n) is 5.68. The number of hydrogen-bond donors (Lipinski definition) is 1. The number of rotatable bonds is 5. The van der Waals surface area contributed by atoms with Crippen molar-refractivity contribution in [3.63, 3.8) is 0 Å². The van der Waals surface area contributed by atoms with Gasteiger partial charge in [0.05, 0.1) is 24.8 Å². The van der Waals surface area contributed by atoms with E-state index in [9.17, 15) is 0 Å². The summed E-state index contributed by atoms with van der Waals surface area (Å²) in [4.78, 5) is 0. The maximum Gasteiger partial charge on any atom is 0.108 e. The molecule has 1 N–H and O–H groups in total. The Balaban J connectivity index is 2.33. The Kier molecular flexibility index (Phi) is 3.47. The summed E-state index contributed by atoms with van der Waals surface area (Å²) >= 11 is 0. The van der Waals surface area contributed by atoms with Crippen LogP contribution in [0.1, 0.15) is 36.8 Å². The molecule has 0 amide bonds. The monoisotopic (exact) mass is 219 g/mol. The fourth-order valence-corrected chi connectivity index (χ4v) is 1.95. The molecule has 16 heavy (non-hydrogen) atoms. The predicted molar refractivity (Wildman–Crippen MR) is 62.3 cm³/mol. The van der Waals surface area contributed by atoms with Gasteiger partial charge in [0.2, 0.25) is 0 Å². The Bertz CT molecular complexity index is 417. The predicted octanol–water partition coefficient (Wildman–Crippen LogP) is 3.13. The van der Waals surface area contributed by atoms with Gasteiger partial charge in [-0.2, -0.15) is 0 Å². The molecule has 2 aromatic heterocycles. The topological polar surface area (TPSA) is 38.3 Å². The molecule has 0 aliphatic heterocycles. The summed E-state index contributed by atoms with van der Waals surface area (Å²) in [7, 11) is 0. The minimum absolute atomic E-state index is 0.164. The zero-order valence-corrected chi connectivity index (χ0v) is 9.69. The molecule has 0 spiro atoms. The molecule has 0 aromatic carbocycles. The lowest BCUT2D eigenvalue weighted by molar-refractivity contribution is 0.500. The summed E-state index contributed by atoms with van der Waals surface area (Å²) in [6, 6.07) is 4.18. The van der Waals surface area contributed by atoms with Crippen molar-refractivity contribution in [3.8, 4) is 0 Å². The molecule has 86 valence electrons. The van der Waals surface area contributed by atoms with Crippen LogP contribution in [0, 0.1) is 0 Å². The first-order chi connectivity index (χ1) is 7.86. The second-order valence-corrected chi connectivity index (χ2v) is 3.70. The highest BCUT2D eigenvalue weighted by atomic mass is 16.3. The molecule has 1 atom stereocenters. The largest absolute Gasteiger partial charge is 0.472 e. The Hall–Kier alpha value is -1.48. The van der Waals surface area contributed by atoms with Crippen molar-refractivity contribution in [3.05, 3.63) is 47.8 Å². The highest BCUT2D eigenvalue weighted by Gasteiger charge is 2.18. The van der Waals surface area contributed by atoms with Crippen LogP contribution >= 0.6 is 0 Å². The standard InChI is InChI=1S/C13H17NO2/c1-3-12-11(6-8-16-12)13(14-4-2)10-5-7-15-9-10/h5-9,13-14H,3-4H2,1-2H3. The third-order valence-electron chi connectivity index (χ3n) is 2.70. The Morgan fingerprint density at radius 1 is 1.25 bits per heavy atom. The van der Waals surface area contributed by atoms with Crippen LogP contribution in [-0.4, -0.2) is 6.54 Å².